The summed E-state index contributed by atoms with van der Waals surface area (Å²) in [6.07, 6.45) is 0.943. The van der Waals surface area contributed by atoms with Gasteiger partial charge in [0.05, 0.1) is 12.6 Å². The predicted octanol–water partition coefficient (Wildman–Crippen LogP) is -5.43. The SMILES string of the molecule is C[C@H](NC(=O)CNC(=O)[C@H](CCCCN)NC(=O)[C@H](CCC(=O)O)NC(=O)[C@@H](N)CCCN=C(N)N)C(=O)N[C@@H](CCCN=C(N)N)C(=O)O. The molecule has 0 unspecified atom stereocenters. The molecule has 0 heterocycles. The number of unbranched alkanes of at least 4 members (excludes halogenated alkanes) is 1. The Kier molecular flexibility index (Phi) is 22.2. The van der Waals surface area contributed by atoms with E-state index in [2.05, 4.69) is 36.6 Å². The van der Waals surface area contributed by atoms with Gasteiger partial charge in [0.25, 0.3) is 0 Å². The lowest BCUT2D eigenvalue weighted by molar-refractivity contribution is -0.142. The fourth-order valence-electron chi connectivity index (χ4n) is 4.21. The smallest absolute Gasteiger partial charge is 0.326 e. The summed E-state index contributed by atoms with van der Waals surface area (Å²) in [7, 11) is 0. The molecule has 0 aliphatic carbocycles. The minimum Gasteiger partial charge on any atom is -0.481 e. The van der Waals surface area contributed by atoms with Crippen LogP contribution in [0, 0.1) is 0 Å². The highest BCUT2D eigenvalue weighted by Gasteiger charge is 2.29. The number of guanidine groups is 2. The largest absolute Gasteiger partial charge is 0.481 e. The number of rotatable bonds is 26. The fraction of sp³-hybridized carbons (Fsp3) is 0.679. The van der Waals surface area contributed by atoms with E-state index >= 15 is 0 Å². The maximum absolute atomic E-state index is 13.2. The highest BCUT2D eigenvalue weighted by Crippen LogP contribution is 2.06. The molecule has 0 aliphatic heterocycles. The van der Waals surface area contributed by atoms with Gasteiger partial charge in [-0.1, -0.05) is 0 Å². The summed E-state index contributed by atoms with van der Waals surface area (Å²) in [5.74, 6) is -6.80. The molecule has 0 saturated carbocycles. The number of aliphatic carboxylic acids is 2. The first-order valence-corrected chi connectivity index (χ1v) is 16.0. The molecule has 0 spiro atoms. The summed E-state index contributed by atoms with van der Waals surface area (Å²) in [6, 6.07) is -6.10. The number of aliphatic imine (C=N–C) groups is 2. The van der Waals surface area contributed by atoms with Gasteiger partial charge in [-0.2, -0.15) is 0 Å². The predicted molar refractivity (Wildman–Crippen MR) is 182 cm³/mol. The third-order valence-corrected chi connectivity index (χ3v) is 6.92. The van der Waals surface area contributed by atoms with Crippen LogP contribution in [0.25, 0.3) is 0 Å². The van der Waals surface area contributed by atoms with E-state index in [0.717, 1.165) is 0 Å². The molecule has 0 saturated heterocycles. The van der Waals surface area contributed by atoms with Crippen LogP contribution in [0.4, 0.5) is 0 Å². The number of hydrogen-bond acceptors (Lipinski definition) is 11. The van der Waals surface area contributed by atoms with Crippen LogP contribution >= 0.6 is 0 Å². The van der Waals surface area contributed by atoms with Gasteiger partial charge in [0, 0.05) is 19.5 Å². The quantitative estimate of drug-likeness (QED) is 0.0226. The summed E-state index contributed by atoms with van der Waals surface area (Å²) in [4.78, 5) is 94.3. The Morgan fingerprint density at radius 1 is 0.640 bits per heavy atom. The molecule has 22 nitrogen and oxygen atoms in total. The maximum atomic E-state index is 13.2. The number of hydrogen-bond donors (Lipinski definition) is 13. The van der Waals surface area contributed by atoms with E-state index in [9.17, 15) is 38.7 Å². The van der Waals surface area contributed by atoms with Crippen molar-refractivity contribution in [2.24, 2.45) is 44.4 Å². The Balaban J connectivity index is 5.38. The molecular formula is C28H53N13O9. The number of amides is 5. The third kappa shape index (κ3) is 20.9. The Bertz CT molecular complexity index is 1210. The Morgan fingerprint density at radius 3 is 1.70 bits per heavy atom. The number of nitrogens with zero attached hydrogens (tertiary/aromatic N) is 2. The molecule has 5 amide bonds. The average molecular weight is 716 g/mol. The van der Waals surface area contributed by atoms with Gasteiger partial charge in [-0.25, -0.2) is 4.79 Å². The van der Waals surface area contributed by atoms with E-state index in [1.807, 2.05) is 0 Å². The zero-order valence-corrected chi connectivity index (χ0v) is 28.2. The van der Waals surface area contributed by atoms with Crippen molar-refractivity contribution in [2.75, 3.05) is 26.2 Å². The van der Waals surface area contributed by atoms with Crippen LogP contribution < -0.4 is 61.0 Å². The molecule has 22 heteroatoms. The van der Waals surface area contributed by atoms with Crippen molar-refractivity contribution < 1.29 is 43.8 Å². The summed E-state index contributed by atoms with van der Waals surface area (Å²) in [5, 5.41) is 30.5. The van der Waals surface area contributed by atoms with E-state index < -0.39 is 84.6 Å². The van der Waals surface area contributed by atoms with Crippen molar-refractivity contribution in [1.82, 2.24) is 26.6 Å². The molecule has 5 atom stereocenters. The van der Waals surface area contributed by atoms with E-state index in [1.54, 1.807) is 0 Å². The van der Waals surface area contributed by atoms with Gasteiger partial charge in [-0.15, -0.1) is 0 Å². The van der Waals surface area contributed by atoms with E-state index in [4.69, 9.17) is 39.5 Å². The van der Waals surface area contributed by atoms with Gasteiger partial charge in [0.1, 0.15) is 24.2 Å². The van der Waals surface area contributed by atoms with Crippen LogP contribution in [0.2, 0.25) is 0 Å². The van der Waals surface area contributed by atoms with Crippen molar-refractivity contribution in [3.05, 3.63) is 0 Å². The molecule has 19 N–H and O–H groups in total. The Morgan fingerprint density at radius 2 is 1.16 bits per heavy atom. The van der Waals surface area contributed by atoms with Crippen LogP contribution in [0.15, 0.2) is 9.98 Å². The molecule has 0 rings (SSSR count). The lowest BCUT2D eigenvalue weighted by Gasteiger charge is -2.24. The van der Waals surface area contributed by atoms with Crippen LogP contribution in [-0.4, -0.2) is 120 Å². The molecular weight excluding hydrogens is 662 g/mol. The first-order chi connectivity index (χ1) is 23.5. The summed E-state index contributed by atoms with van der Waals surface area (Å²) in [6.45, 7) is 1.35. The maximum Gasteiger partial charge on any atom is 0.326 e. The average Bonchev–Trinajstić information content (AvgIpc) is 3.03. The molecule has 0 bridgehead atoms. The zero-order valence-electron chi connectivity index (χ0n) is 28.2. The third-order valence-electron chi connectivity index (χ3n) is 6.92. The number of carbonyl (C=O) groups is 7. The van der Waals surface area contributed by atoms with Gasteiger partial charge in [0.15, 0.2) is 11.9 Å². The standard InChI is InChI=1S/C28H53N13O9/c1-15(22(45)41-19(26(49)50)8-5-13-36-28(33)34)38-20(42)14-37-24(47)17(7-2-3-11-29)40-25(48)18(9-10-21(43)44)39-23(46)16(30)6-4-12-35-27(31)32/h15-19H,2-14,29-30H2,1H3,(H,37,47)(H,38,42)(H,39,46)(H,40,48)(H,41,45)(H,43,44)(H,49,50)(H4,31,32,35)(H4,33,34,36)/t15-,16-,17-,18-,19-/m0/s1. The molecule has 0 aromatic carbocycles. The Hall–Kier alpha value is -5.25. The number of carboxylic acids is 2. The molecule has 0 aliphatic rings. The van der Waals surface area contributed by atoms with Gasteiger partial charge in [-0.05, 0) is 64.8 Å². The van der Waals surface area contributed by atoms with Gasteiger partial charge >= 0.3 is 11.9 Å². The van der Waals surface area contributed by atoms with E-state index in [0.29, 0.717) is 25.8 Å². The normalized spacial score (nSPS) is 13.6. The second-order valence-corrected chi connectivity index (χ2v) is 11.2. The van der Waals surface area contributed by atoms with E-state index in [-0.39, 0.29) is 57.1 Å². The first-order valence-electron chi connectivity index (χ1n) is 16.0. The van der Waals surface area contributed by atoms with Crippen LogP contribution in [-0.2, 0) is 33.6 Å². The van der Waals surface area contributed by atoms with Crippen molar-refractivity contribution >= 4 is 53.4 Å². The van der Waals surface area contributed by atoms with Crippen LogP contribution in [0.3, 0.4) is 0 Å². The lowest BCUT2D eigenvalue weighted by Crippen LogP contribution is -2.56. The van der Waals surface area contributed by atoms with E-state index in [1.165, 1.54) is 6.92 Å². The minimum atomic E-state index is -1.36. The van der Waals surface area contributed by atoms with Crippen molar-refractivity contribution in [3.8, 4) is 0 Å². The molecule has 284 valence electrons. The first kappa shape index (κ1) is 44.8. The second-order valence-electron chi connectivity index (χ2n) is 11.2. The summed E-state index contributed by atoms with van der Waals surface area (Å²) >= 11 is 0. The molecule has 50 heavy (non-hydrogen) atoms. The van der Waals surface area contributed by atoms with Gasteiger partial charge < -0.3 is 71.2 Å². The zero-order chi connectivity index (χ0) is 38.2. The van der Waals surface area contributed by atoms with Crippen LogP contribution in [0.1, 0.15) is 64.7 Å². The molecule has 0 aromatic heterocycles. The molecule has 0 radical (unpaired) electrons. The van der Waals surface area contributed by atoms with Crippen molar-refractivity contribution in [1.29, 1.82) is 0 Å². The molecule has 0 fully saturated rings. The highest BCUT2D eigenvalue weighted by atomic mass is 16.4. The number of carbonyl (C=O) groups excluding carboxylic acids is 5. The van der Waals surface area contributed by atoms with Crippen molar-refractivity contribution in [2.45, 2.75) is 94.9 Å². The second kappa shape index (κ2) is 24.8. The number of nitrogens with one attached hydrogen (secondary N) is 5. The lowest BCUT2D eigenvalue weighted by atomic mass is 10.1. The number of nitrogens with two attached hydrogens (primary N) is 6. The van der Waals surface area contributed by atoms with Gasteiger partial charge in [-0.3, -0.25) is 38.8 Å². The number of carboxylic acid groups (broad SMARTS) is 2. The summed E-state index contributed by atoms with van der Waals surface area (Å²) < 4.78 is 0. The van der Waals surface area contributed by atoms with Crippen molar-refractivity contribution in [3.63, 3.8) is 0 Å². The monoisotopic (exact) mass is 715 g/mol. The fourth-order valence-corrected chi connectivity index (χ4v) is 4.21. The highest BCUT2D eigenvalue weighted by molar-refractivity contribution is 5.95. The minimum absolute atomic E-state index is 0.0141. The van der Waals surface area contributed by atoms with Crippen LogP contribution in [0.5, 0.6) is 0 Å². The topological polar surface area (TPSA) is 401 Å². The van der Waals surface area contributed by atoms with Gasteiger partial charge in [0.2, 0.25) is 29.5 Å². The Labute approximate surface area is 289 Å². The summed E-state index contributed by atoms with van der Waals surface area (Å²) in [5.41, 5.74) is 32.5. The molecule has 0 aromatic rings.